The summed E-state index contributed by atoms with van der Waals surface area (Å²) >= 11 is 0. The Morgan fingerprint density at radius 1 is 1.05 bits per heavy atom. The van der Waals surface area contributed by atoms with Crippen LogP contribution in [0.4, 0.5) is 11.4 Å². The number of non-ortho nitro benzene ring substituents is 1. The van der Waals surface area contributed by atoms with Crippen LogP contribution in [0.3, 0.4) is 0 Å². The fourth-order valence-corrected chi connectivity index (χ4v) is 3.01. The van der Waals surface area contributed by atoms with E-state index in [-0.39, 0.29) is 10.6 Å². The first-order valence-corrected chi connectivity index (χ1v) is 7.62. The highest BCUT2D eigenvalue weighted by Gasteiger charge is 2.16. The van der Waals surface area contributed by atoms with Crippen LogP contribution in [0.2, 0.25) is 0 Å². The van der Waals surface area contributed by atoms with E-state index in [9.17, 15) is 18.5 Å². The second kappa shape index (κ2) is 5.53. The van der Waals surface area contributed by atoms with Gasteiger partial charge in [0.2, 0.25) is 0 Å². The van der Waals surface area contributed by atoms with E-state index in [0.29, 0.717) is 5.69 Å². The van der Waals surface area contributed by atoms with E-state index in [4.69, 9.17) is 0 Å². The molecule has 0 aliphatic carbocycles. The summed E-state index contributed by atoms with van der Waals surface area (Å²) in [4.78, 5) is 9.97. The normalized spacial score (nSPS) is 11.1. The van der Waals surface area contributed by atoms with Gasteiger partial charge in [-0.25, -0.2) is 8.42 Å². The quantitative estimate of drug-likeness (QED) is 0.694. The Morgan fingerprint density at radius 2 is 1.67 bits per heavy atom. The van der Waals surface area contributed by atoms with Crippen molar-refractivity contribution in [3.8, 4) is 0 Å². The highest BCUT2D eigenvalue weighted by Crippen LogP contribution is 2.22. The summed E-state index contributed by atoms with van der Waals surface area (Å²) in [6, 6.07) is 10.1. The van der Waals surface area contributed by atoms with Crippen LogP contribution < -0.4 is 4.72 Å². The molecule has 0 saturated carbocycles. The highest BCUT2D eigenvalue weighted by molar-refractivity contribution is 7.92. The lowest BCUT2D eigenvalue weighted by atomic mass is 10.1. The Kier molecular flexibility index (Phi) is 3.95. The van der Waals surface area contributed by atoms with Crippen LogP contribution in [0.5, 0.6) is 0 Å². The van der Waals surface area contributed by atoms with Crippen LogP contribution in [-0.2, 0) is 10.0 Å². The molecule has 0 amide bonds. The molecule has 0 bridgehead atoms. The smallest absolute Gasteiger partial charge is 0.269 e. The van der Waals surface area contributed by atoms with Gasteiger partial charge in [-0.2, -0.15) is 0 Å². The first-order valence-electron chi connectivity index (χ1n) is 6.14. The number of nitrogens with zero attached hydrogens (tertiary/aromatic N) is 1. The van der Waals surface area contributed by atoms with E-state index in [2.05, 4.69) is 4.72 Å². The summed E-state index contributed by atoms with van der Waals surface area (Å²) in [5.74, 6) is 0. The van der Waals surface area contributed by atoms with Gasteiger partial charge in [-0.1, -0.05) is 17.7 Å². The molecule has 2 rings (SSSR count). The van der Waals surface area contributed by atoms with E-state index < -0.39 is 14.9 Å². The zero-order valence-corrected chi connectivity index (χ0v) is 12.3. The summed E-state index contributed by atoms with van der Waals surface area (Å²) in [6.45, 7) is 3.72. The predicted octanol–water partition coefficient (Wildman–Crippen LogP) is 3.01. The van der Waals surface area contributed by atoms with Crippen LogP contribution >= 0.6 is 0 Å². The monoisotopic (exact) mass is 306 g/mol. The van der Waals surface area contributed by atoms with Gasteiger partial charge in [0.15, 0.2) is 0 Å². The lowest BCUT2D eigenvalue weighted by Crippen LogP contribution is -2.13. The van der Waals surface area contributed by atoms with E-state index in [0.717, 1.165) is 23.3 Å². The lowest BCUT2D eigenvalue weighted by molar-refractivity contribution is -0.384. The third-order valence-corrected chi connectivity index (χ3v) is 4.37. The minimum absolute atomic E-state index is 0.0203. The number of nitro groups is 1. The topological polar surface area (TPSA) is 89.3 Å². The number of hydrogen-bond acceptors (Lipinski definition) is 4. The van der Waals surface area contributed by atoms with Gasteiger partial charge in [-0.15, -0.1) is 0 Å². The third-order valence-electron chi connectivity index (χ3n) is 2.98. The minimum Gasteiger partial charge on any atom is -0.279 e. The fraction of sp³-hybridized carbons (Fsp3) is 0.143. The van der Waals surface area contributed by atoms with Gasteiger partial charge < -0.3 is 0 Å². The number of sulfonamides is 1. The van der Waals surface area contributed by atoms with Gasteiger partial charge in [0.25, 0.3) is 15.7 Å². The van der Waals surface area contributed by atoms with Crippen molar-refractivity contribution in [2.75, 3.05) is 4.72 Å². The molecule has 0 unspecified atom stereocenters. The molecule has 0 heterocycles. The summed E-state index contributed by atoms with van der Waals surface area (Å²) in [5, 5.41) is 10.6. The Bertz CT molecular complexity index is 783. The first kappa shape index (κ1) is 15.0. The summed E-state index contributed by atoms with van der Waals surface area (Å²) < 4.78 is 27.0. The Balaban J connectivity index is 2.31. The van der Waals surface area contributed by atoms with Crippen molar-refractivity contribution in [3.63, 3.8) is 0 Å². The molecule has 2 aromatic carbocycles. The molecule has 2 aromatic rings. The molecule has 0 fully saturated rings. The van der Waals surface area contributed by atoms with E-state index in [1.165, 1.54) is 12.1 Å². The Hall–Kier alpha value is -2.41. The number of nitrogens with one attached hydrogen (secondary N) is 1. The Labute approximate surface area is 122 Å². The number of anilines is 1. The molecule has 0 atom stereocenters. The number of hydrogen-bond donors (Lipinski definition) is 1. The average molecular weight is 306 g/mol. The maximum Gasteiger partial charge on any atom is 0.269 e. The van der Waals surface area contributed by atoms with Crippen molar-refractivity contribution in [2.45, 2.75) is 18.7 Å². The van der Waals surface area contributed by atoms with Gasteiger partial charge >= 0.3 is 0 Å². The predicted molar refractivity (Wildman–Crippen MR) is 79.8 cm³/mol. The van der Waals surface area contributed by atoms with Crippen molar-refractivity contribution in [1.82, 2.24) is 0 Å². The van der Waals surface area contributed by atoms with Gasteiger partial charge in [0.1, 0.15) is 0 Å². The number of nitro benzene ring substituents is 1. The molecule has 7 heteroatoms. The molecule has 0 radical (unpaired) electrons. The van der Waals surface area contributed by atoms with Crippen molar-refractivity contribution < 1.29 is 13.3 Å². The van der Waals surface area contributed by atoms with Gasteiger partial charge in [0, 0.05) is 12.1 Å². The molecular weight excluding hydrogens is 292 g/mol. The molecule has 0 aliphatic rings. The molecule has 110 valence electrons. The van der Waals surface area contributed by atoms with Gasteiger partial charge in [-0.05, 0) is 37.6 Å². The fourth-order valence-electron chi connectivity index (χ4n) is 1.88. The van der Waals surface area contributed by atoms with Crippen LogP contribution in [0.15, 0.2) is 47.4 Å². The molecule has 0 spiro atoms. The maximum absolute atomic E-state index is 12.2. The SMILES string of the molecule is Cc1ccc(NS(=O)(=O)c2ccc([N+](=O)[O-])cc2)c(C)c1. The second-order valence-electron chi connectivity index (χ2n) is 4.67. The maximum atomic E-state index is 12.2. The summed E-state index contributed by atoms with van der Waals surface area (Å²) in [6.07, 6.45) is 0. The molecule has 0 aromatic heterocycles. The third kappa shape index (κ3) is 3.38. The van der Waals surface area contributed by atoms with Crippen molar-refractivity contribution in [2.24, 2.45) is 0 Å². The van der Waals surface area contributed by atoms with Crippen LogP contribution in [-0.4, -0.2) is 13.3 Å². The van der Waals surface area contributed by atoms with Crippen LogP contribution in [0.25, 0.3) is 0 Å². The zero-order chi connectivity index (χ0) is 15.6. The molecular formula is C14H14N2O4S. The second-order valence-corrected chi connectivity index (χ2v) is 6.36. The summed E-state index contributed by atoms with van der Waals surface area (Å²) in [7, 11) is -3.76. The molecule has 0 aliphatic heterocycles. The van der Waals surface area contributed by atoms with Crippen molar-refractivity contribution >= 4 is 21.4 Å². The molecule has 6 nitrogen and oxygen atoms in total. The average Bonchev–Trinajstić information content (AvgIpc) is 2.42. The van der Waals surface area contributed by atoms with Crippen LogP contribution in [0.1, 0.15) is 11.1 Å². The van der Waals surface area contributed by atoms with E-state index in [1.807, 2.05) is 13.0 Å². The highest BCUT2D eigenvalue weighted by atomic mass is 32.2. The zero-order valence-electron chi connectivity index (χ0n) is 11.5. The summed E-state index contributed by atoms with van der Waals surface area (Å²) in [5.41, 5.74) is 2.17. The van der Waals surface area contributed by atoms with Crippen molar-refractivity contribution in [1.29, 1.82) is 0 Å². The lowest BCUT2D eigenvalue weighted by Gasteiger charge is -2.11. The van der Waals surface area contributed by atoms with Gasteiger partial charge in [-0.3, -0.25) is 14.8 Å². The number of aryl methyl sites for hydroxylation is 2. The minimum atomic E-state index is -3.76. The molecule has 21 heavy (non-hydrogen) atoms. The number of rotatable bonds is 4. The number of benzene rings is 2. The molecule has 0 saturated heterocycles. The Morgan fingerprint density at radius 3 is 2.19 bits per heavy atom. The van der Waals surface area contributed by atoms with Gasteiger partial charge in [0.05, 0.1) is 15.5 Å². The van der Waals surface area contributed by atoms with Crippen molar-refractivity contribution in [3.05, 3.63) is 63.7 Å². The largest absolute Gasteiger partial charge is 0.279 e. The standard InChI is InChI=1S/C14H14N2O4S/c1-10-3-8-14(11(2)9-10)15-21(19,20)13-6-4-12(5-7-13)16(17)18/h3-9,15H,1-2H3. The van der Waals surface area contributed by atoms with E-state index >= 15 is 0 Å². The van der Waals surface area contributed by atoms with Crippen LogP contribution in [0, 0.1) is 24.0 Å². The first-order chi connectivity index (χ1) is 9.79. The molecule has 1 N–H and O–H groups in total. The van der Waals surface area contributed by atoms with E-state index in [1.54, 1.807) is 19.1 Å².